The Labute approximate surface area is 275 Å². The zero-order valence-electron chi connectivity index (χ0n) is 27.8. The minimum Gasteiger partial charge on any atom is -0.485 e. The van der Waals surface area contributed by atoms with Crippen LogP contribution in [0.1, 0.15) is 63.6 Å². The maximum absolute atomic E-state index is 15.2. The Morgan fingerprint density at radius 1 is 1.02 bits per heavy atom. The van der Waals surface area contributed by atoms with Gasteiger partial charge in [0.15, 0.2) is 11.6 Å². The second kappa shape index (κ2) is 14.5. The van der Waals surface area contributed by atoms with Crippen molar-refractivity contribution >= 4 is 23.5 Å². The van der Waals surface area contributed by atoms with Crippen LogP contribution in [-0.4, -0.2) is 60.3 Å². The van der Waals surface area contributed by atoms with Crippen molar-refractivity contribution in [2.45, 2.75) is 66.1 Å². The Balaban J connectivity index is 1.28. The number of nitrogens with zero attached hydrogens (tertiary/aromatic N) is 3. The molecule has 0 saturated carbocycles. The topological polar surface area (TPSA) is 81.2 Å². The standard InChI is InChI=1S/C37H43F2N3O5/c1-6-45-35(43)26-14-16-41(17-15-26)33-9-7-8-32(40-33)30-21-29(38)22-31(39)34(30)46-23-28-11-10-27(20-24(28)2)25-12-18-42(19-13-25)36(44)47-37(3,4)5/h7-12,20-22,26H,6,13-19,23H2,1-5H3. The number of rotatable bonds is 8. The molecule has 0 radical (unpaired) electrons. The minimum atomic E-state index is -0.807. The summed E-state index contributed by atoms with van der Waals surface area (Å²) in [5, 5.41) is 0. The van der Waals surface area contributed by atoms with Crippen molar-refractivity contribution < 1.29 is 32.6 Å². The van der Waals surface area contributed by atoms with Crippen molar-refractivity contribution in [1.82, 2.24) is 9.88 Å². The number of ether oxygens (including phenoxy) is 3. The number of carbonyl (C=O) groups excluding carboxylic acids is 2. The predicted octanol–water partition coefficient (Wildman–Crippen LogP) is 7.72. The number of piperidine rings is 1. The molecule has 5 rings (SSSR count). The van der Waals surface area contributed by atoms with Crippen LogP contribution in [0, 0.1) is 24.5 Å². The Morgan fingerprint density at radius 3 is 2.45 bits per heavy atom. The molecule has 10 heteroatoms. The third-order valence-electron chi connectivity index (χ3n) is 8.40. The van der Waals surface area contributed by atoms with Gasteiger partial charge in [0.2, 0.25) is 0 Å². The maximum atomic E-state index is 15.2. The van der Waals surface area contributed by atoms with E-state index < -0.39 is 17.2 Å². The zero-order chi connectivity index (χ0) is 33.7. The summed E-state index contributed by atoms with van der Waals surface area (Å²) in [4.78, 5) is 33.1. The summed E-state index contributed by atoms with van der Waals surface area (Å²) in [6.07, 6.45) is 3.72. The van der Waals surface area contributed by atoms with Crippen molar-refractivity contribution in [3.63, 3.8) is 0 Å². The number of esters is 1. The lowest BCUT2D eigenvalue weighted by Gasteiger charge is -2.32. The highest BCUT2D eigenvalue weighted by Gasteiger charge is 2.27. The van der Waals surface area contributed by atoms with Gasteiger partial charge in [-0.2, -0.15) is 0 Å². The van der Waals surface area contributed by atoms with Gasteiger partial charge in [-0.1, -0.05) is 30.3 Å². The molecule has 1 saturated heterocycles. The third-order valence-corrected chi connectivity index (χ3v) is 8.40. The molecule has 250 valence electrons. The number of anilines is 1. The molecule has 0 atom stereocenters. The quantitative estimate of drug-likeness (QED) is 0.232. The number of hydrogen-bond donors (Lipinski definition) is 0. The summed E-state index contributed by atoms with van der Waals surface area (Å²) in [5.41, 5.74) is 4.09. The number of hydrogen-bond acceptors (Lipinski definition) is 7. The third kappa shape index (κ3) is 8.47. The van der Waals surface area contributed by atoms with Gasteiger partial charge in [-0.15, -0.1) is 0 Å². The zero-order valence-corrected chi connectivity index (χ0v) is 27.8. The second-order valence-corrected chi connectivity index (χ2v) is 13.0. The van der Waals surface area contributed by atoms with E-state index in [2.05, 4.69) is 11.0 Å². The van der Waals surface area contributed by atoms with Crippen LogP contribution in [-0.2, 0) is 20.9 Å². The lowest BCUT2D eigenvalue weighted by atomic mass is 9.96. The number of halogens is 2. The molecule has 3 aromatic rings. The molecule has 0 unspecified atom stereocenters. The van der Waals surface area contributed by atoms with E-state index in [1.54, 1.807) is 24.0 Å². The van der Waals surface area contributed by atoms with E-state index in [4.69, 9.17) is 19.2 Å². The molecule has 1 fully saturated rings. The van der Waals surface area contributed by atoms with E-state index >= 15 is 4.39 Å². The Bertz CT molecular complexity index is 1640. The molecule has 2 aliphatic rings. The van der Waals surface area contributed by atoms with Crippen LogP contribution in [0.5, 0.6) is 5.75 Å². The van der Waals surface area contributed by atoms with Crippen LogP contribution in [0.3, 0.4) is 0 Å². The number of amides is 1. The Hall–Kier alpha value is -4.47. The molecule has 8 nitrogen and oxygen atoms in total. The van der Waals surface area contributed by atoms with Crippen LogP contribution < -0.4 is 9.64 Å². The SMILES string of the molecule is CCOC(=O)C1CCN(c2cccc(-c3cc(F)cc(F)c3OCc3ccc(C4=CCN(C(=O)OC(C)(C)C)CC4)cc3C)n2)CC1. The highest BCUT2D eigenvalue weighted by atomic mass is 19.1. The minimum absolute atomic E-state index is 0.0715. The van der Waals surface area contributed by atoms with E-state index in [0.29, 0.717) is 63.6 Å². The smallest absolute Gasteiger partial charge is 0.410 e. The van der Waals surface area contributed by atoms with Crippen LogP contribution in [0.15, 0.2) is 54.6 Å². The van der Waals surface area contributed by atoms with Crippen molar-refractivity contribution in [3.05, 3.63) is 82.9 Å². The van der Waals surface area contributed by atoms with E-state index in [0.717, 1.165) is 28.3 Å². The Morgan fingerprint density at radius 2 is 1.79 bits per heavy atom. The molecule has 1 amide bonds. The first kappa shape index (κ1) is 33.9. The average molecular weight is 648 g/mol. The summed E-state index contributed by atoms with van der Waals surface area (Å²) < 4.78 is 46.5. The van der Waals surface area contributed by atoms with Crippen LogP contribution >= 0.6 is 0 Å². The molecule has 2 aliphatic heterocycles. The molecule has 1 aromatic heterocycles. The fourth-order valence-corrected chi connectivity index (χ4v) is 5.88. The summed E-state index contributed by atoms with van der Waals surface area (Å²) in [5.74, 6) is -1.25. The second-order valence-electron chi connectivity index (χ2n) is 13.0. The van der Waals surface area contributed by atoms with Gasteiger partial charge in [-0.05, 0) is 94.3 Å². The van der Waals surface area contributed by atoms with Gasteiger partial charge in [0.05, 0.1) is 18.2 Å². The first-order valence-corrected chi connectivity index (χ1v) is 16.2. The van der Waals surface area contributed by atoms with Crippen LogP contribution in [0.4, 0.5) is 19.4 Å². The monoisotopic (exact) mass is 647 g/mol. The summed E-state index contributed by atoms with van der Waals surface area (Å²) in [6.45, 7) is 12.0. The van der Waals surface area contributed by atoms with Gasteiger partial charge < -0.3 is 24.0 Å². The molecular formula is C37H43F2N3O5. The Kier molecular flexibility index (Phi) is 10.5. The first-order chi connectivity index (χ1) is 22.4. The number of aryl methyl sites for hydroxylation is 1. The van der Waals surface area contributed by atoms with Gasteiger partial charge >= 0.3 is 12.1 Å². The molecule has 0 aliphatic carbocycles. The normalized spacial score (nSPS) is 15.7. The van der Waals surface area contributed by atoms with Crippen LogP contribution in [0.25, 0.3) is 16.8 Å². The predicted molar refractivity (Wildman–Crippen MR) is 177 cm³/mol. The molecule has 47 heavy (non-hydrogen) atoms. The number of benzene rings is 2. The lowest BCUT2D eigenvalue weighted by Crippen LogP contribution is -2.39. The molecule has 0 spiro atoms. The fraction of sp³-hybridized carbons (Fsp3) is 0.432. The van der Waals surface area contributed by atoms with Gasteiger partial charge in [-0.3, -0.25) is 4.79 Å². The number of pyridine rings is 1. The van der Waals surface area contributed by atoms with E-state index in [9.17, 15) is 14.0 Å². The van der Waals surface area contributed by atoms with Crippen molar-refractivity contribution in [2.24, 2.45) is 5.92 Å². The van der Waals surface area contributed by atoms with Crippen molar-refractivity contribution in [2.75, 3.05) is 37.7 Å². The highest BCUT2D eigenvalue weighted by Crippen LogP contribution is 2.35. The molecule has 0 N–H and O–H groups in total. The van der Waals surface area contributed by atoms with Gasteiger partial charge in [0, 0.05) is 37.8 Å². The number of aromatic nitrogens is 1. The summed E-state index contributed by atoms with van der Waals surface area (Å²) in [6, 6.07) is 13.4. The maximum Gasteiger partial charge on any atom is 0.410 e. The largest absolute Gasteiger partial charge is 0.485 e. The molecule has 3 heterocycles. The summed E-state index contributed by atoms with van der Waals surface area (Å²) >= 11 is 0. The average Bonchev–Trinajstić information content (AvgIpc) is 3.04. The van der Waals surface area contributed by atoms with Crippen molar-refractivity contribution in [1.29, 1.82) is 0 Å². The first-order valence-electron chi connectivity index (χ1n) is 16.2. The van der Waals surface area contributed by atoms with Gasteiger partial charge in [-0.25, -0.2) is 18.6 Å². The molecular weight excluding hydrogens is 604 g/mol. The summed E-state index contributed by atoms with van der Waals surface area (Å²) in [7, 11) is 0. The fourth-order valence-electron chi connectivity index (χ4n) is 5.88. The van der Waals surface area contributed by atoms with E-state index in [1.807, 2.05) is 52.0 Å². The van der Waals surface area contributed by atoms with E-state index in [1.165, 1.54) is 6.07 Å². The number of carbonyl (C=O) groups is 2. The van der Waals surface area contributed by atoms with E-state index in [-0.39, 0.29) is 35.9 Å². The van der Waals surface area contributed by atoms with Gasteiger partial charge in [0.1, 0.15) is 23.8 Å². The highest BCUT2D eigenvalue weighted by molar-refractivity contribution is 5.74. The van der Waals surface area contributed by atoms with Gasteiger partial charge in [0.25, 0.3) is 0 Å². The molecule has 2 aromatic carbocycles. The van der Waals surface area contributed by atoms with Crippen molar-refractivity contribution in [3.8, 4) is 17.0 Å². The van der Waals surface area contributed by atoms with Crippen LogP contribution in [0.2, 0.25) is 0 Å². The lowest BCUT2D eigenvalue weighted by molar-refractivity contribution is -0.148. The molecule has 0 bridgehead atoms.